The summed E-state index contributed by atoms with van der Waals surface area (Å²) in [6.45, 7) is 9.57. The number of tetrazole rings is 1. The van der Waals surface area contributed by atoms with E-state index in [1.165, 1.54) is 0 Å². The molecule has 1 aromatic heterocycles. The van der Waals surface area contributed by atoms with Crippen LogP contribution in [0.4, 0.5) is 5.69 Å². The molecule has 1 heterocycles. The lowest BCUT2D eigenvalue weighted by Crippen LogP contribution is -2.23. The highest BCUT2D eigenvalue weighted by atomic mass is 16.5. The Kier molecular flexibility index (Phi) is 4.16. The Morgan fingerprint density at radius 1 is 1.33 bits per heavy atom. The third-order valence-electron chi connectivity index (χ3n) is 3.92. The molecule has 0 radical (unpaired) electrons. The number of nitrogen functional groups attached to an aromatic ring is 1. The van der Waals surface area contributed by atoms with Crippen molar-refractivity contribution < 1.29 is 4.74 Å². The molecule has 114 valence electrons. The number of nitrogens with two attached hydrogens (primary N) is 1. The minimum absolute atomic E-state index is 0.184. The summed E-state index contributed by atoms with van der Waals surface area (Å²) in [5.74, 6) is 1.81. The van der Waals surface area contributed by atoms with Crippen molar-refractivity contribution in [3.8, 4) is 17.1 Å². The lowest BCUT2D eigenvalue weighted by Gasteiger charge is -2.27. The predicted octanol–water partition coefficient (Wildman–Crippen LogP) is 2.61. The maximum atomic E-state index is 5.88. The van der Waals surface area contributed by atoms with Crippen LogP contribution < -0.4 is 10.5 Å². The summed E-state index contributed by atoms with van der Waals surface area (Å²) in [4.78, 5) is 0. The Labute approximate surface area is 125 Å². The second-order valence-electron chi connectivity index (χ2n) is 6.41. The van der Waals surface area contributed by atoms with Gasteiger partial charge in [-0.3, -0.25) is 0 Å². The molecule has 2 N–H and O–H groups in total. The van der Waals surface area contributed by atoms with Gasteiger partial charge in [0.2, 0.25) is 0 Å². The largest absolute Gasteiger partial charge is 0.496 e. The molecular formula is C15H23N5O. The summed E-state index contributed by atoms with van der Waals surface area (Å²) in [5.41, 5.74) is 7.52. The van der Waals surface area contributed by atoms with Crippen molar-refractivity contribution in [3.05, 3.63) is 18.2 Å². The van der Waals surface area contributed by atoms with Gasteiger partial charge >= 0.3 is 0 Å². The first kappa shape index (κ1) is 15.3. The summed E-state index contributed by atoms with van der Waals surface area (Å²) in [5, 5.41) is 12.1. The van der Waals surface area contributed by atoms with Crippen LogP contribution in [0.15, 0.2) is 18.2 Å². The monoisotopic (exact) mass is 289 g/mol. The smallest absolute Gasteiger partial charge is 0.185 e. The van der Waals surface area contributed by atoms with Crippen LogP contribution in [-0.4, -0.2) is 27.3 Å². The predicted molar refractivity (Wildman–Crippen MR) is 82.8 cm³/mol. The van der Waals surface area contributed by atoms with E-state index in [0.717, 1.165) is 12.1 Å². The van der Waals surface area contributed by atoms with Crippen molar-refractivity contribution in [2.45, 2.75) is 34.2 Å². The molecule has 6 nitrogen and oxygen atoms in total. The van der Waals surface area contributed by atoms with Gasteiger partial charge in [-0.15, -0.1) is 5.10 Å². The Bertz CT molecular complexity index is 615. The van der Waals surface area contributed by atoms with Crippen molar-refractivity contribution in [2.75, 3.05) is 12.8 Å². The lowest BCUT2D eigenvalue weighted by molar-refractivity contribution is 0.225. The van der Waals surface area contributed by atoms with E-state index in [-0.39, 0.29) is 5.41 Å². The van der Waals surface area contributed by atoms with Crippen LogP contribution in [0, 0.1) is 11.3 Å². The number of anilines is 1. The van der Waals surface area contributed by atoms with Crippen molar-refractivity contribution >= 4 is 5.69 Å². The summed E-state index contributed by atoms with van der Waals surface area (Å²) in [6.07, 6.45) is 0. The molecule has 0 aliphatic carbocycles. The molecule has 0 bridgehead atoms. The number of rotatable bonds is 4. The van der Waals surface area contributed by atoms with E-state index in [1.807, 2.05) is 16.8 Å². The van der Waals surface area contributed by atoms with E-state index in [4.69, 9.17) is 10.5 Å². The fourth-order valence-electron chi connectivity index (χ4n) is 1.95. The Morgan fingerprint density at radius 3 is 2.67 bits per heavy atom. The van der Waals surface area contributed by atoms with Crippen LogP contribution in [0.1, 0.15) is 27.7 Å². The van der Waals surface area contributed by atoms with Gasteiger partial charge in [0.1, 0.15) is 5.75 Å². The molecule has 0 spiro atoms. The molecule has 0 saturated heterocycles. The van der Waals surface area contributed by atoms with Crippen LogP contribution in [0.5, 0.6) is 5.75 Å². The summed E-state index contributed by atoms with van der Waals surface area (Å²) >= 11 is 0. The molecular weight excluding hydrogens is 266 g/mol. The lowest BCUT2D eigenvalue weighted by atomic mass is 9.82. The minimum atomic E-state index is 0.184. The zero-order valence-corrected chi connectivity index (χ0v) is 13.3. The summed E-state index contributed by atoms with van der Waals surface area (Å²) in [7, 11) is 1.63. The first-order valence-electron chi connectivity index (χ1n) is 7.03. The van der Waals surface area contributed by atoms with E-state index in [1.54, 1.807) is 13.2 Å². The maximum absolute atomic E-state index is 5.88. The number of ether oxygens (including phenoxy) is 1. The average Bonchev–Trinajstić information content (AvgIpc) is 2.85. The van der Waals surface area contributed by atoms with Crippen molar-refractivity contribution in [3.63, 3.8) is 0 Å². The molecule has 0 fully saturated rings. The molecule has 0 aliphatic heterocycles. The van der Waals surface area contributed by atoms with Gasteiger partial charge in [-0.2, -0.15) is 0 Å². The van der Waals surface area contributed by atoms with Crippen LogP contribution in [0.2, 0.25) is 0 Å². The first-order chi connectivity index (χ1) is 9.82. The molecule has 21 heavy (non-hydrogen) atoms. The van der Waals surface area contributed by atoms with Gasteiger partial charge < -0.3 is 10.5 Å². The summed E-state index contributed by atoms with van der Waals surface area (Å²) in [6, 6.07) is 5.47. The Hall–Kier alpha value is -2.11. The SMILES string of the molecule is COc1ccc(N)cc1-c1nnnn1CC(C)C(C)(C)C. The fraction of sp³-hybridized carbons (Fsp3) is 0.533. The Balaban J connectivity index is 2.39. The average molecular weight is 289 g/mol. The number of nitrogens with zero attached hydrogens (tertiary/aromatic N) is 4. The highest BCUT2D eigenvalue weighted by Crippen LogP contribution is 2.32. The van der Waals surface area contributed by atoms with Crippen LogP contribution in [0.25, 0.3) is 11.4 Å². The quantitative estimate of drug-likeness (QED) is 0.875. The number of benzene rings is 1. The molecule has 0 amide bonds. The second-order valence-corrected chi connectivity index (χ2v) is 6.41. The Morgan fingerprint density at radius 2 is 2.05 bits per heavy atom. The number of aromatic nitrogens is 4. The maximum Gasteiger partial charge on any atom is 0.185 e. The first-order valence-corrected chi connectivity index (χ1v) is 7.03. The fourth-order valence-corrected chi connectivity index (χ4v) is 1.95. The zero-order chi connectivity index (χ0) is 15.6. The standard InChI is InChI=1S/C15H23N5O/c1-10(15(2,3)4)9-20-14(17-18-19-20)12-8-11(16)6-7-13(12)21-5/h6-8,10H,9,16H2,1-5H3. The third-order valence-corrected chi connectivity index (χ3v) is 3.92. The van der Waals surface area contributed by atoms with Gasteiger partial charge in [0, 0.05) is 12.2 Å². The van der Waals surface area contributed by atoms with E-state index in [2.05, 4.69) is 43.2 Å². The number of hydrogen-bond donors (Lipinski definition) is 1. The summed E-state index contributed by atoms with van der Waals surface area (Å²) < 4.78 is 7.20. The van der Waals surface area contributed by atoms with Gasteiger partial charge in [-0.1, -0.05) is 27.7 Å². The van der Waals surface area contributed by atoms with Crippen LogP contribution in [-0.2, 0) is 6.54 Å². The number of methoxy groups -OCH3 is 1. The number of hydrogen-bond acceptors (Lipinski definition) is 5. The molecule has 0 aliphatic rings. The molecule has 0 saturated carbocycles. The van der Waals surface area contributed by atoms with Gasteiger partial charge in [-0.25, -0.2) is 4.68 Å². The zero-order valence-electron chi connectivity index (χ0n) is 13.3. The second kappa shape index (κ2) is 5.71. The van der Waals surface area contributed by atoms with E-state index in [9.17, 15) is 0 Å². The molecule has 1 atom stereocenters. The molecule has 1 aromatic carbocycles. The third kappa shape index (κ3) is 3.32. The van der Waals surface area contributed by atoms with Gasteiger partial charge in [0.15, 0.2) is 5.82 Å². The van der Waals surface area contributed by atoms with E-state index < -0.39 is 0 Å². The van der Waals surface area contributed by atoms with Crippen LogP contribution >= 0.6 is 0 Å². The normalized spacial score (nSPS) is 13.2. The molecule has 1 unspecified atom stereocenters. The highest BCUT2D eigenvalue weighted by Gasteiger charge is 2.23. The minimum Gasteiger partial charge on any atom is -0.496 e. The van der Waals surface area contributed by atoms with Gasteiger partial charge in [0.25, 0.3) is 0 Å². The highest BCUT2D eigenvalue weighted by molar-refractivity contribution is 5.68. The van der Waals surface area contributed by atoms with Crippen molar-refractivity contribution in [1.29, 1.82) is 0 Å². The van der Waals surface area contributed by atoms with Crippen molar-refractivity contribution in [1.82, 2.24) is 20.2 Å². The topological polar surface area (TPSA) is 78.8 Å². The van der Waals surface area contributed by atoms with Gasteiger partial charge in [0.05, 0.1) is 12.7 Å². The van der Waals surface area contributed by atoms with Crippen LogP contribution in [0.3, 0.4) is 0 Å². The van der Waals surface area contributed by atoms with Crippen molar-refractivity contribution in [2.24, 2.45) is 11.3 Å². The molecule has 6 heteroatoms. The molecule has 2 aromatic rings. The molecule has 2 rings (SSSR count). The van der Waals surface area contributed by atoms with E-state index >= 15 is 0 Å². The van der Waals surface area contributed by atoms with Gasteiger partial charge in [-0.05, 0) is 40.0 Å². The van der Waals surface area contributed by atoms with E-state index in [0.29, 0.717) is 23.2 Å².